The molecule has 4 heteroatoms. The van der Waals surface area contributed by atoms with E-state index in [0.717, 1.165) is 17.7 Å². The largest absolute Gasteiger partial charge is 0.424 e. The Labute approximate surface area is 100 Å². The molecule has 4 nitrogen and oxygen atoms in total. The monoisotopic (exact) mass is 229 g/mol. The summed E-state index contributed by atoms with van der Waals surface area (Å²) < 4.78 is 5.51. The van der Waals surface area contributed by atoms with E-state index in [4.69, 9.17) is 10.5 Å². The van der Waals surface area contributed by atoms with E-state index < -0.39 is 0 Å². The maximum Gasteiger partial charge on any atom is 0.321 e. The van der Waals surface area contributed by atoms with Gasteiger partial charge in [0.25, 0.3) is 0 Å². The van der Waals surface area contributed by atoms with Gasteiger partial charge in [0.2, 0.25) is 0 Å². The van der Waals surface area contributed by atoms with Crippen molar-refractivity contribution < 1.29 is 4.74 Å². The SMILES string of the molecule is Cc1ccc(Oc2ncc(CCN)cn2)cc1. The van der Waals surface area contributed by atoms with E-state index in [1.54, 1.807) is 12.4 Å². The average Bonchev–Trinajstić information content (AvgIpc) is 2.35. The number of rotatable bonds is 4. The van der Waals surface area contributed by atoms with Crippen LogP contribution in [-0.4, -0.2) is 16.5 Å². The highest BCUT2D eigenvalue weighted by Crippen LogP contribution is 2.17. The number of hydrogen-bond acceptors (Lipinski definition) is 4. The lowest BCUT2D eigenvalue weighted by Gasteiger charge is -2.04. The summed E-state index contributed by atoms with van der Waals surface area (Å²) in [4.78, 5) is 8.25. The highest BCUT2D eigenvalue weighted by Gasteiger charge is 2.00. The van der Waals surface area contributed by atoms with Crippen LogP contribution in [-0.2, 0) is 6.42 Å². The summed E-state index contributed by atoms with van der Waals surface area (Å²) in [5.74, 6) is 0.738. The number of hydrogen-bond donors (Lipinski definition) is 1. The molecular formula is C13H15N3O. The lowest BCUT2D eigenvalue weighted by atomic mass is 10.2. The molecule has 0 spiro atoms. The Morgan fingerprint density at radius 3 is 2.35 bits per heavy atom. The minimum atomic E-state index is 0.356. The van der Waals surface area contributed by atoms with Crippen LogP contribution >= 0.6 is 0 Å². The molecule has 0 unspecified atom stereocenters. The van der Waals surface area contributed by atoms with Gasteiger partial charge in [0.15, 0.2) is 0 Å². The zero-order valence-electron chi connectivity index (χ0n) is 9.76. The highest BCUT2D eigenvalue weighted by atomic mass is 16.5. The molecule has 0 saturated heterocycles. The van der Waals surface area contributed by atoms with Crippen molar-refractivity contribution in [3.8, 4) is 11.8 Å². The Bertz CT molecular complexity index is 465. The Morgan fingerprint density at radius 2 is 1.76 bits per heavy atom. The second kappa shape index (κ2) is 5.41. The first kappa shape index (κ1) is 11.5. The van der Waals surface area contributed by atoms with Gasteiger partial charge in [-0.25, -0.2) is 9.97 Å². The molecule has 88 valence electrons. The summed E-state index contributed by atoms with van der Waals surface area (Å²) >= 11 is 0. The molecule has 0 fully saturated rings. The van der Waals surface area contributed by atoms with Crippen molar-refractivity contribution in [2.45, 2.75) is 13.3 Å². The van der Waals surface area contributed by atoms with Crippen molar-refractivity contribution >= 4 is 0 Å². The van der Waals surface area contributed by atoms with Crippen LogP contribution in [0.2, 0.25) is 0 Å². The normalized spacial score (nSPS) is 10.2. The Kier molecular flexibility index (Phi) is 3.67. The molecule has 1 aromatic heterocycles. The van der Waals surface area contributed by atoms with Gasteiger partial charge in [0, 0.05) is 12.4 Å². The third-order valence-corrected chi connectivity index (χ3v) is 2.34. The van der Waals surface area contributed by atoms with Crippen molar-refractivity contribution in [1.82, 2.24) is 9.97 Å². The zero-order valence-corrected chi connectivity index (χ0v) is 9.76. The Morgan fingerprint density at radius 1 is 1.12 bits per heavy atom. The minimum absolute atomic E-state index is 0.356. The summed E-state index contributed by atoms with van der Waals surface area (Å²) in [6, 6.07) is 8.12. The average molecular weight is 229 g/mol. The molecule has 1 heterocycles. The molecule has 0 aliphatic carbocycles. The smallest absolute Gasteiger partial charge is 0.321 e. The first-order valence-corrected chi connectivity index (χ1v) is 5.53. The topological polar surface area (TPSA) is 61.0 Å². The van der Waals surface area contributed by atoms with Gasteiger partial charge in [0.05, 0.1) is 0 Å². The molecule has 0 saturated carbocycles. The second-order valence-corrected chi connectivity index (χ2v) is 3.83. The fraction of sp³-hybridized carbons (Fsp3) is 0.231. The van der Waals surface area contributed by atoms with E-state index in [1.165, 1.54) is 5.56 Å². The van der Waals surface area contributed by atoms with Gasteiger partial charge in [-0.15, -0.1) is 0 Å². The van der Waals surface area contributed by atoms with Crippen LogP contribution in [0.3, 0.4) is 0 Å². The van der Waals surface area contributed by atoms with Crippen LogP contribution in [0.15, 0.2) is 36.7 Å². The third-order valence-electron chi connectivity index (χ3n) is 2.34. The molecule has 2 N–H and O–H groups in total. The number of aromatic nitrogens is 2. The quantitative estimate of drug-likeness (QED) is 0.872. The first-order chi connectivity index (χ1) is 8.28. The predicted molar refractivity (Wildman–Crippen MR) is 66.0 cm³/mol. The summed E-state index contributed by atoms with van der Waals surface area (Å²) in [5, 5.41) is 0. The van der Waals surface area contributed by atoms with Gasteiger partial charge in [-0.05, 0) is 37.6 Å². The Hall–Kier alpha value is -1.94. The van der Waals surface area contributed by atoms with Crippen LogP contribution in [0.1, 0.15) is 11.1 Å². The first-order valence-electron chi connectivity index (χ1n) is 5.53. The molecule has 2 aromatic rings. The fourth-order valence-electron chi connectivity index (χ4n) is 1.40. The predicted octanol–water partition coefficient (Wildman–Crippen LogP) is 2.08. The van der Waals surface area contributed by atoms with Crippen LogP contribution in [0, 0.1) is 6.92 Å². The van der Waals surface area contributed by atoms with Gasteiger partial charge >= 0.3 is 6.01 Å². The molecule has 0 radical (unpaired) electrons. The standard InChI is InChI=1S/C13H15N3O/c1-10-2-4-12(5-3-10)17-13-15-8-11(6-7-14)9-16-13/h2-5,8-9H,6-7,14H2,1H3. The molecule has 2 rings (SSSR count). The number of nitrogens with zero attached hydrogens (tertiary/aromatic N) is 2. The van der Waals surface area contributed by atoms with E-state index in [1.807, 2.05) is 31.2 Å². The molecule has 0 aliphatic rings. The maximum atomic E-state index is 5.51. The highest BCUT2D eigenvalue weighted by molar-refractivity contribution is 5.28. The van der Waals surface area contributed by atoms with Crippen molar-refractivity contribution in [1.29, 1.82) is 0 Å². The van der Waals surface area contributed by atoms with E-state index >= 15 is 0 Å². The summed E-state index contributed by atoms with van der Waals surface area (Å²) in [5.41, 5.74) is 7.66. The van der Waals surface area contributed by atoms with Crippen LogP contribution in [0.4, 0.5) is 0 Å². The summed E-state index contributed by atoms with van der Waals surface area (Å²) in [6.45, 7) is 2.63. The molecule has 17 heavy (non-hydrogen) atoms. The van der Waals surface area contributed by atoms with Crippen molar-refractivity contribution in [2.75, 3.05) is 6.54 Å². The van der Waals surface area contributed by atoms with Gasteiger partial charge in [0.1, 0.15) is 5.75 Å². The van der Waals surface area contributed by atoms with E-state index in [9.17, 15) is 0 Å². The minimum Gasteiger partial charge on any atom is -0.424 e. The third kappa shape index (κ3) is 3.26. The molecular weight excluding hydrogens is 214 g/mol. The van der Waals surface area contributed by atoms with Crippen LogP contribution < -0.4 is 10.5 Å². The van der Waals surface area contributed by atoms with E-state index in [-0.39, 0.29) is 0 Å². The van der Waals surface area contributed by atoms with Crippen molar-refractivity contribution in [2.24, 2.45) is 5.73 Å². The molecule has 0 bridgehead atoms. The van der Waals surface area contributed by atoms with E-state index in [0.29, 0.717) is 12.6 Å². The summed E-state index contributed by atoms with van der Waals surface area (Å²) in [6.07, 6.45) is 4.26. The van der Waals surface area contributed by atoms with Gasteiger partial charge in [-0.1, -0.05) is 17.7 Å². The van der Waals surface area contributed by atoms with E-state index in [2.05, 4.69) is 9.97 Å². The number of nitrogens with two attached hydrogens (primary N) is 1. The van der Waals surface area contributed by atoms with Gasteiger partial charge in [-0.3, -0.25) is 0 Å². The number of aryl methyl sites for hydroxylation is 1. The summed E-state index contributed by atoms with van der Waals surface area (Å²) in [7, 11) is 0. The lowest BCUT2D eigenvalue weighted by Crippen LogP contribution is -2.03. The van der Waals surface area contributed by atoms with Gasteiger partial charge < -0.3 is 10.5 Å². The molecule has 0 aliphatic heterocycles. The molecule has 1 aromatic carbocycles. The van der Waals surface area contributed by atoms with Crippen molar-refractivity contribution in [3.05, 3.63) is 47.8 Å². The Balaban J connectivity index is 2.05. The van der Waals surface area contributed by atoms with Crippen molar-refractivity contribution in [3.63, 3.8) is 0 Å². The maximum absolute atomic E-state index is 5.51. The number of ether oxygens (including phenoxy) is 1. The fourth-order valence-corrected chi connectivity index (χ4v) is 1.40. The second-order valence-electron chi connectivity index (χ2n) is 3.83. The molecule has 0 amide bonds. The molecule has 0 atom stereocenters. The zero-order chi connectivity index (χ0) is 12.1. The number of benzene rings is 1. The van der Waals surface area contributed by atoms with Crippen LogP contribution in [0.5, 0.6) is 11.8 Å². The van der Waals surface area contributed by atoms with Crippen LogP contribution in [0.25, 0.3) is 0 Å². The van der Waals surface area contributed by atoms with Gasteiger partial charge in [-0.2, -0.15) is 0 Å². The lowest BCUT2D eigenvalue weighted by molar-refractivity contribution is 0.441.